The summed E-state index contributed by atoms with van der Waals surface area (Å²) in [4.78, 5) is 3.17. The maximum absolute atomic E-state index is 2.17. The van der Waals surface area contributed by atoms with Gasteiger partial charge in [0.25, 0.3) is 4.21 Å². The molecule has 2 heterocycles. The Labute approximate surface area is 109 Å². The molecule has 0 saturated carbocycles. The molecule has 0 unspecified atom stereocenters. The van der Waals surface area contributed by atoms with Gasteiger partial charge in [-0.1, -0.05) is 22.6 Å². The van der Waals surface area contributed by atoms with Gasteiger partial charge in [-0.3, -0.25) is 0 Å². The summed E-state index contributed by atoms with van der Waals surface area (Å²) < 4.78 is 1.52. The Balaban J connectivity index is 0.000000720. The van der Waals surface area contributed by atoms with Crippen molar-refractivity contribution in [2.75, 3.05) is 12.0 Å². The first-order valence-electron chi connectivity index (χ1n) is 3.20. The van der Waals surface area contributed by atoms with Crippen molar-refractivity contribution in [2.24, 2.45) is 0 Å². The van der Waals surface area contributed by atoms with Gasteiger partial charge in [0, 0.05) is 5.75 Å². The molecule has 0 N–H and O–H groups in total. The summed E-state index contributed by atoms with van der Waals surface area (Å²) in [7, 11) is 7.85. The fourth-order valence-electron chi connectivity index (χ4n) is 0.875. The molecule has 0 aliphatic carbocycles. The maximum Gasteiger partial charge on any atom is 0.309 e. The van der Waals surface area contributed by atoms with Gasteiger partial charge in [0.2, 0.25) is 0 Å². The van der Waals surface area contributed by atoms with Crippen molar-refractivity contribution in [1.82, 2.24) is 0 Å². The predicted octanol–water partition coefficient (Wildman–Crippen LogP) is 1.11. The van der Waals surface area contributed by atoms with Crippen molar-refractivity contribution in [3.63, 3.8) is 0 Å². The summed E-state index contributed by atoms with van der Waals surface area (Å²) in [5.41, 5.74) is 0. The third kappa shape index (κ3) is 2.44. The van der Waals surface area contributed by atoms with E-state index in [9.17, 15) is 0 Å². The van der Waals surface area contributed by atoms with E-state index in [0.29, 0.717) is 0 Å². The van der Waals surface area contributed by atoms with Gasteiger partial charge in [0.15, 0.2) is 10.3 Å². The van der Waals surface area contributed by atoms with E-state index in [1.54, 1.807) is 9.77 Å². The highest BCUT2D eigenvalue weighted by atomic mass is 127. The van der Waals surface area contributed by atoms with Crippen molar-refractivity contribution in [1.29, 1.82) is 0 Å². The minimum atomic E-state index is 0. The van der Waals surface area contributed by atoms with Crippen LogP contribution in [0.2, 0.25) is 0 Å². The quantitative estimate of drug-likeness (QED) is 0.316. The molecule has 6 heteroatoms. The van der Waals surface area contributed by atoms with Crippen LogP contribution in [0.4, 0.5) is 0 Å². The zero-order valence-electron chi connectivity index (χ0n) is 6.33. The van der Waals surface area contributed by atoms with Crippen molar-refractivity contribution in [2.45, 2.75) is 15.5 Å². The van der Waals surface area contributed by atoms with E-state index in [1.165, 1.54) is 16.4 Å². The normalized spacial score (nSPS) is 15.1. The average Bonchev–Trinajstić information content (AvgIpc) is 2.47. The molecule has 0 atom stereocenters. The van der Waals surface area contributed by atoms with Crippen LogP contribution in [-0.2, 0) is 6.42 Å². The molecule has 0 nitrogen and oxygen atoms in total. The smallest absolute Gasteiger partial charge is 0.309 e. The Morgan fingerprint density at radius 3 is 3.08 bits per heavy atom. The molecule has 1 aliphatic rings. The van der Waals surface area contributed by atoms with E-state index in [4.69, 9.17) is 0 Å². The molecule has 0 saturated heterocycles. The standard InChI is InChI=1S/C6H7S5.HI/c1-7-6-5-4(9-11-6)2-3-8-10-5;/h2-3H2,1H3;1H/q+1;/p-1. The zero-order valence-corrected chi connectivity index (χ0v) is 12.6. The highest BCUT2D eigenvalue weighted by Crippen LogP contribution is 2.49. The molecule has 0 amide bonds. The van der Waals surface area contributed by atoms with Gasteiger partial charge >= 0.3 is 10.3 Å². The average molecular weight is 366 g/mol. The first-order chi connectivity index (χ1) is 5.42. The van der Waals surface area contributed by atoms with Crippen LogP contribution in [0.25, 0.3) is 0 Å². The molecule has 2 rings (SSSR count). The molecular weight excluding hydrogens is 359 g/mol. The van der Waals surface area contributed by atoms with Crippen molar-refractivity contribution >= 4 is 54.0 Å². The van der Waals surface area contributed by atoms with Gasteiger partial charge in [-0.15, -0.1) is 0 Å². The van der Waals surface area contributed by atoms with Crippen molar-refractivity contribution in [3.05, 3.63) is 4.88 Å². The highest BCUT2D eigenvalue weighted by molar-refractivity contribution is 8.76. The molecule has 0 radical (unpaired) electrons. The summed E-state index contributed by atoms with van der Waals surface area (Å²) in [6.45, 7) is 0. The van der Waals surface area contributed by atoms with E-state index >= 15 is 0 Å². The van der Waals surface area contributed by atoms with Gasteiger partial charge < -0.3 is 24.0 Å². The number of aryl methyl sites for hydroxylation is 1. The lowest BCUT2D eigenvalue weighted by atomic mass is 10.4. The van der Waals surface area contributed by atoms with E-state index in [2.05, 4.69) is 6.26 Å². The summed E-state index contributed by atoms with van der Waals surface area (Å²) in [6, 6.07) is 0. The van der Waals surface area contributed by atoms with Crippen LogP contribution in [0.3, 0.4) is 0 Å². The van der Waals surface area contributed by atoms with Crippen LogP contribution in [0.5, 0.6) is 0 Å². The molecule has 1 aliphatic heterocycles. The van der Waals surface area contributed by atoms with E-state index in [-0.39, 0.29) is 24.0 Å². The topological polar surface area (TPSA) is 0 Å². The third-order valence-electron chi connectivity index (χ3n) is 1.40. The molecular formula is C6H7IS5. The fraction of sp³-hybridized carbons (Fsp3) is 0.500. The second-order valence-corrected chi connectivity index (χ2v) is 7.80. The number of thioether (sulfide) groups is 1. The Hall–Kier alpha value is 1.83. The second kappa shape index (κ2) is 5.65. The van der Waals surface area contributed by atoms with Gasteiger partial charge in [0.05, 0.1) is 4.88 Å². The summed E-state index contributed by atoms with van der Waals surface area (Å²) in [5.74, 6) is 1.29. The van der Waals surface area contributed by atoms with Crippen molar-refractivity contribution < 1.29 is 24.0 Å². The number of fused-ring (bicyclic) bond motifs is 1. The lowest BCUT2D eigenvalue weighted by molar-refractivity contribution is -0.00000190. The molecule has 0 bridgehead atoms. The molecule has 0 aromatic carbocycles. The van der Waals surface area contributed by atoms with Gasteiger partial charge in [-0.05, 0) is 23.5 Å². The minimum absolute atomic E-state index is 0. The maximum atomic E-state index is 2.17. The van der Waals surface area contributed by atoms with Gasteiger partial charge in [0.1, 0.15) is 4.90 Å². The van der Waals surface area contributed by atoms with Crippen LogP contribution < -0.4 is 24.0 Å². The predicted molar refractivity (Wildman–Crippen MR) is 60.4 cm³/mol. The molecule has 68 valence electrons. The Kier molecular flexibility index (Phi) is 5.60. The lowest BCUT2D eigenvalue weighted by Crippen LogP contribution is -3.00. The Morgan fingerprint density at radius 2 is 2.33 bits per heavy atom. The summed E-state index contributed by atoms with van der Waals surface area (Å²) in [5, 5.41) is 0. The largest absolute Gasteiger partial charge is 1.00 e. The number of rotatable bonds is 1. The minimum Gasteiger partial charge on any atom is -1.00 e. The lowest BCUT2D eigenvalue weighted by Gasteiger charge is -2.05. The monoisotopic (exact) mass is 366 g/mol. The SMILES string of the molecule is CSc1[s+]sc2c1SSCC2.[I-]. The molecule has 1 aromatic rings. The van der Waals surface area contributed by atoms with E-state index in [0.717, 1.165) is 0 Å². The second-order valence-electron chi connectivity index (χ2n) is 2.07. The number of halogens is 1. The van der Waals surface area contributed by atoms with Crippen LogP contribution >= 0.6 is 54.0 Å². The summed E-state index contributed by atoms with van der Waals surface area (Å²) in [6.07, 6.45) is 3.45. The first kappa shape index (κ1) is 11.9. The zero-order chi connectivity index (χ0) is 7.68. The summed E-state index contributed by atoms with van der Waals surface area (Å²) >= 11 is 1.88. The highest BCUT2D eigenvalue weighted by Gasteiger charge is 2.26. The van der Waals surface area contributed by atoms with Gasteiger partial charge in [-0.2, -0.15) is 0 Å². The van der Waals surface area contributed by atoms with Crippen LogP contribution in [0, 0.1) is 0 Å². The number of hydrogen-bond acceptors (Lipinski definition) is 4. The number of hydrogen-bond donors (Lipinski definition) is 0. The van der Waals surface area contributed by atoms with Crippen LogP contribution in [0.15, 0.2) is 9.10 Å². The molecule has 1 aromatic heterocycles. The van der Waals surface area contributed by atoms with E-state index in [1.807, 2.05) is 54.0 Å². The fourth-order valence-corrected chi connectivity index (χ4v) is 8.47. The van der Waals surface area contributed by atoms with Crippen molar-refractivity contribution in [3.8, 4) is 0 Å². The van der Waals surface area contributed by atoms with Crippen LogP contribution in [-0.4, -0.2) is 12.0 Å². The first-order valence-corrected chi connectivity index (χ1v) is 8.89. The third-order valence-corrected chi connectivity index (χ3v) is 8.29. The Bertz CT molecular complexity index is 245. The molecule has 0 spiro atoms. The van der Waals surface area contributed by atoms with Crippen LogP contribution in [0.1, 0.15) is 4.88 Å². The van der Waals surface area contributed by atoms with Gasteiger partial charge in [-0.25, -0.2) is 0 Å². The van der Waals surface area contributed by atoms with E-state index < -0.39 is 0 Å². The Morgan fingerprint density at radius 1 is 1.50 bits per heavy atom. The molecule has 0 fully saturated rings. The molecule has 12 heavy (non-hydrogen) atoms.